The van der Waals surface area contributed by atoms with Gasteiger partial charge < -0.3 is 24.1 Å². The zero-order valence-corrected chi connectivity index (χ0v) is 19.3. The SMILES string of the molecule is COc1ccc2c(c1OC)C(=O)N1[C@H]2SC(C)(C)[C@H]1C(=O)Nc1ccc2oc(=O)ccc2c1. The molecule has 2 aliphatic rings. The fraction of sp³-hybridized carbons (Fsp3) is 0.292. The number of rotatable bonds is 4. The first-order chi connectivity index (χ1) is 15.7. The standard InChI is InChI=1S/C24H22N2O6S/c1-24(2)20(21(28)25-13-6-8-15-12(11-13)5-10-17(27)32-15)26-22(29)18-14(23(26)33-24)7-9-16(30-3)19(18)31-4/h5-11,20,23H,1-4H3,(H,25,28)/t20-,23+/m1/s1. The molecule has 170 valence electrons. The molecule has 1 N–H and O–H groups in total. The van der Waals surface area contributed by atoms with E-state index in [1.54, 1.807) is 47.0 Å². The van der Waals surface area contributed by atoms with Crippen LogP contribution in [0.25, 0.3) is 11.0 Å². The zero-order chi connectivity index (χ0) is 23.5. The van der Waals surface area contributed by atoms with E-state index in [2.05, 4.69) is 5.32 Å². The molecule has 33 heavy (non-hydrogen) atoms. The third-order valence-electron chi connectivity index (χ3n) is 6.03. The third kappa shape index (κ3) is 3.26. The topological polar surface area (TPSA) is 98.1 Å². The molecular formula is C24H22N2O6S. The minimum absolute atomic E-state index is 0.260. The van der Waals surface area contributed by atoms with Gasteiger partial charge in [0.25, 0.3) is 5.91 Å². The van der Waals surface area contributed by atoms with E-state index in [1.807, 2.05) is 19.9 Å². The summed E-state index contributed by atoms with van der Waals surface area (Å²) < 4.78 is 15.5. The van der Waals surface area contributed by atoms with Crippen LogP contribution in [-0.2, 0) is 4.79 Å². The predicted octanol–water partition coefficient (Wildman–Crippen LogP) is 3.80. The number of amides is 2. The van der Waals surface area contributed by atoms with Gasteiger partial charge in [-0.2, -0.15) is 0 Å². The van der Waals surface area contributed by atoms with Gasteiger partial charge in [-0.15, -0.1) is 11.8 Å². The number of hydrogen-bond donors (Lipinski definition) is 1. The largest absolute Gasteiger partial charge is 0.493 e. The molecule has 3 heterocycles. The molecule has 5 rings (SSSR count). The molecule has 9 heteroatoms. The highest BCUT2D eigenvalue weighted by Crippen LogP contribution is 2.58. The Bertz CT molecular complexity index is 1360. The molecule has 0 spiro atoms. The van der Waals surface area contributed by atoms with Gasteiger partial charge in [-0.25, -0.2) is 4.79 Å². The Morgan fingerprint density at radius 2 is 1.88 bits per heavy atom. The molecule has 2 atom stereocenters. The Labute approximate surface area is 193 Å². The van der Waals surface area contributed by atoms with Gasteiger partial charge >= 0.3 is 5.63 Å². The van der Waals surface area contributed by atoms with E-state index in [-0.39, 0.29) is 17.2 Å². The number of fused-ring (bicyclic) bond motifs is 4. The van der Waals surface area contributed by atoms with Crippen LogP contribution in [0.2, 0.25) is 0 Å². The minimum atomic E-state index is -0.715. The van der Waals surface area contributed by atoms with Gasteiger partial charge in [0, 0.05) is 27.5 Å². The van der Waals surface area contributed by atoms with Crippen LogP contribution in [0.1, 0.15) is 35.1 Å². The number of nitrogens with zero attached hydrogens (tertiary/aromatic N) is 1. The van der Waals surface area contributed by atoms with Gasteiger partial charge in [0.2, 0.25) is 5.91 Å². The van der Waals surface area contributed by atoms with Crippen molar-refractivity contribution in [3.63, 3.8) is 0 Å². The number of anilines is 1. The summed E-state index contributed by atoms with van der Waals surface area (Å²) in [4.78, 5) is 40.1. The molecule has 0 aliphatic carbocycles. The van der Waals surface area contributed by atoms with Crippen LogP contribution >= 0.6 is 11.8 Å². The third-order valence-corrected chi connectivity index (χ3v) is 7.57. The molecule has 1 fully saturated rings. The van der Waals surface area contributed by atoms with Crippen molar-refractivity contribution in [2.75, 3.05) is 19.5 Å². The van der Waals surface area contributed by atoms with Crippen LogP contribution in [0, 0.1) is 0 Å². The average molecular weight is 467 g/mol. The summed E-state index contributed by atoms with van der Waals surface area (Å²) in [5, 5.41) is 3.32. The van der Waals surface area contributed by atoms with Crippen molar-refractivity contribution in [1.82, 2.24) is 4.90 Å². The average Bonchev–Trinajstić information content (AvgIpc) is 3.21. The van der Waals surface area contributed by atoms with Gasteiger partial charge in [-0.3, -0.25) is 9.59 Å². The maximum atomic E-state index is 13.5. The van der Waals surface area contributed by atoms with Gasteiger partial charge in [-0.05, 0) is 44.2 Å². The lowest BCUT2D eigenvalue weighted by Gasteiger charge is -2.29. The van der Waals surface area contributed by atoms with E-state index in [0.29, 0.717) is 33.7 Å². The Morgan fingerprint density at radius 1 is 1.09 bits per heavy atom. The fourth-order valence-electron chi connectivity index (χ4n) is 4.62. The first kappa shape index (κ1) is 21.4. The highest BCUT2D eigenvalue weighted by molar-refractivity contribution is 8.01. The molecule has 2 aliphatic heterocycles. The highest BCUT2D eigenvalue weighted by atomic mass is 32.2. The number of hydrogen-bond acceptors (Lipinski definition) is 7. The van der Waals surface area contributed by atoms with Gasteiger partial charge in [0.15, 0.2) is 11.5 Å². The number of nitrogens with one attached hydrogen (secondary N) is 1. The summed E-state index contributed by atoms with van der Waals surface area (Å²) >= 11 is 1.57. The summed E-state index contributed by atoms with van der Waals surface area (Å²) in [5.41, 5.74) is 1.79. The Morgan fingerprint density at radius 3 is 2.61 bits per heavy atom. The molecule has 8 nitrogen and oxygen atoms in total. The van der Waals surface area contributed by atoms with Crippen molar-refractivity contribution in [1.29, 1.82) is 0 Å². The van der Waals surface area contributed by atoms with Crippen molar-refractivity contribution in [3.05, 3.63) is 64.0 Å². The number of benzene rings is 2. The Hall–Kier alpha value is -3.46. The molecule has 1 aromatic heterocycles. The molecule has 0 unspecified atom stereocenters. The maximum Gasteiger partial charge on any atom is 0.336 e. The van der Waals surface area contributed by atoms with Crippen LogP contribution in [0.15, 0.2) is 51.7 Å². The Kier molecular flexibility index (Phi) is 4.89. The van der Waals surface area contributed by atoms with Gasteiger partial charge in [0.05, 0.1) is 19.8 Å². The monoisotopic (exact) mass is 466 g/mol. The molecule has 0 saturated carbocycles. The summed E-state index contributed by atoms with van der Waals surface area (Å²) in [6, 6.07) is 10.9. The van der Waals surface area contributed by atoms with Crippen LogP contribution in [-0.4, -0.2) is 41.7 Å². The van der Waals surface area contributed by atoms with E-state index in [0.717, 1.165) is 5.56 Å². The summed E-state index contributed by atoms with van der Waals surface area (Å²) in [5.74, 6) is 0.296. The second-order valence-electron chi connectivity index (χ2n) is 8.45. The number of carbonyl (C=O) groups is 2. The van der Waals surface area contributed by atoms with Crippen molar-refractivity contribution >= 4 is 40.2 Å². The predicted molar refractivity (Wildman–Crippen MR) is 125 cm³/mol. The van der Waals surface area contributed by atoms with Crippen molar-refractivity contribution in [3.8, 4) is 11.5 Å². The van der Waals surface area contributed by atoms with E-state index < -0.39 is 16.4 Å². The molecule has 2 aromatic carbocycles. The highest BCUT2D eigenvalue weighted by Gasteiger charge is 2.58. The smallest absolute Gasteiger partial charge is 0.336 e. The lowest BCUT2D eigenvalue weighted by atomic mass is 10.0. The first-order valence-corrected chi connectivity index (χ1v) is 11.2. The van der Waals surface area contributed by atoms with E-state index in [9.17, 15) is 14.4 Å². The number of carbonyl (C=O) groups excluding carboxylic acids is 2. The number of ether oxygens (including phenoxy) is 2. The zero-order valence-electron chi connectivity index (χ0n) is 18.5. The number of thioether (sulfide) groups is 1. The second kappa shape index (κ2) is 7.55. The Balaban J connectivity index is 1.49. The van der Waals surface area contributed by atoms with Crippen LogP contribution in [0.4, 0.5) is 5.69 Å². The van der Waals surface area contributed by atoms with E-state index in [4.69, 9.17) is 13.9 Å². The summed E-state index contributed by atoms with van der Waals surface area (Å²) in [6.07, 6.45) is 0. The van der Waals surface area contributed by atoms with Crippen LogP contribution in [0.5, 0.6) is 11.5 Å². The lowest BCUT2D eigenvalue weighted by Crippen LogP contribution is -2.50. The quantitative estimate of drug-likeness (QED) is 0.584. The fourth-order valence-corrected chi connectivity index (χ4v) is 6.20. The minimum Gasteiger partial charge on any atom is -0.493 e. The van der Waals surface area contributed by atoms with E-state index >= 15 is 0 Å². The van der Waals surface area contributed by atoms with Gasteiger partial charge in [0.1, 0.15) is 17.0 Å². The van der Waals surface area contributed by atoms with Crippen LogP contribution < -0.4 is 20.4 Å². The summed E-state index contributed by atoms with van der Waals surface area (Å²) in [7, 11) is 3.02. The summed E-state index contributed by atoms with van der Waals surface area (Å²) in [6.45, 7) is 3.92. The van der Waals surface area contributed by atoms with Crippen LogP contribution in [0.3, 0.4) is 0 Å². The van der Waals surface area contributed by atoms with Crippen molar-refractivity contribution in [2.45, 2.75) is 30.0 Å². The van der Waals surface area contributed by atoms with E-state index in [1.165, 1.54) is 20.3 Å². The van der Waals surface area contributed by atoms with Gasteiger partial charge in [-0.1, -0.05) is 6.07 Å². The normalized spacial score (nSPS) is 20.5. The second-order valence-corrected chi connectivity index (χ2v) is 10.2. The maximum absolute atomic E-state index is 13.5. The molecule has 0 radical (unpaired) electrons. The first-order valence-electron chi connectivity index (χ1n) is 10.4. The number of methoxy groups -OCH3 is 2. The van der Waals surface area contributed by atoms with Crippen molar-refractivity contribution < 1.29 is 23.5 Å². The molecule has 2 amide bonds. The van der Waals surface area contributed by atoms with Crippen molar-refractivity contribution in [2.24, 2.45) is 0 Å². The molecule has 1 saturated heterocycles. The lowest BCUT2D eigenvalue weighted by molar-refractivity contribution is -0.121. The molecular weight excluding hydrogens is 444 g/mol. The molecule has 3 aromatic rings. The molecule has 0 bridgehead atoms.